The van der Waals surface area contributed by atoms with Gasteiger partial charge in [0.2, 0.25) is 10.0 Å². The Labute approximate surface area is 130 Å². The second kappa shape index (κ2) is 6.34. The van der Waals surface area contributed by atoms with Crippen molar-refractivity contribution in [3.63, 3.8) is 0 Å². The Morgan fingerprint density at radius 2 is 2.10 bits per heavy atom. The Bertz CT molecular complexity index is 577. The molecule has 0 amide bonds. The highest BCUT2D eigenvalue weighted by molar-refractivity contribution is 7.91. The van der Waals surface area contributed by atoms with E-state index >= 15 is 0 Å². The average molecular weight is 329 g/mol. The van der Waals surface area contributed by atoms with Gasteiger partial charge in [-0.15, -0.1) is 11.3 Å². The van der Waals surface area contributed by atoms with Crippen molar-refractivity contribution in [2.45, 2.75) is 29.5 Å². The molecule has 2 bridgehead atoms. The van der Waals surface area contributed by atoms with E-state index in [-0.39, 0.29) is 6.04 Å². The Morgan fingerprint density at radius 1 is 1.33 bits per heavy atom. The highest BCUT2D eigenvalue weighted by Gasteiger charge is 2.36. The van der Waals surface area contributed by atoms with Gasteiger partial charge in [0.1, 0.15) is 4.21 Å². The fraction of sp³-hybridized carbons (Fsp3) is 0.714. The van der Waals surface area contributed by atoms with Crippen molar-refractivity contribution in [1.82, 2.24) is 14.9 Å². The molecule has 4 heterocycles. The molecule has 0 radical (unpaired) electrons. The van der Waals surface area contributed by atoms with Crippen LogP contribution in [0.3, 0.4) is 0 Å². The lowest BCUT2D eigenvalue weighted by atomic mass is 9.85. The largest absolute Gasteiger partial charge is 0.319 e. The van der Waals surface area contributed by atoms with Gasteiger partial charge in [-0.25, -0.2) is 13.1 Å². The smallest absolute Gasteiger partial charge is 0.250 e. The second-order valence-electron chi connectivity index (χ2n) is 5.94. The molecule has 7 heteroatoms. The van der Waals surface area contributed by atoms with Crippen molar-refractivity contribution in [1.29, 1.82) is 0 Å². The standard InChI is InChI=1S/C14H23N3O2S2/c1-15-7-4-12-2-3-14(20-12)21(18,19)16-13-10-17-8-5-11(13)6-9-17/h2-3,11,13,15-16H,4-10H2,1H3. The van der Waals surface area contributed by atoms with Crippen molar-refractivity contribution in [2.24, 2.45) is 5.92 Å². The van der Waals surface area contributed by atoms with E-state index in [9.17, 15) is 8.42 Å². The lowest BCUT2D eigenvalue weighted by Gasteiger charge is -2.44. The van der Waals surface area contributed by atoms with Crippen molar-refractivity contribution in [3.8, 4) is 0 Å². The maximum Gasteiger partial charge on any atom is 0.250 e. The highest BCUT2D eigenvalue weighted by Crippen LogP contribution is 2.29. The van der Waals surface area contributed by atoms with Gasteiger partial charge in [-0.3, -0.25) is 0 Å². The van der Waals surface area contributed by atoms with Crippen molar-refractivity contribution < 1.29 is 8.42 Å². The van der Waals surface area contributed by atoms with Crippen LogP contribution in [0, 0.1) is 5.92 Å². The first kappa shape index (κ1) is 15.4. The van der Waals surface area contributed by atoms with E-state index in [0.717, 1.165) is 50.3 Å². The van der Waals surface area contributed by atoms with E-state index in [2.05, 4.69) is 14.9 Å². The first-order chi connectivity index (χ1) is 10.1. The molecule has 3 saturated heterocycles. The molecule has 0 spiro atoms. The van der Waals surface area contributed by atoms with Crippen LogP contribution < -0.4 is 10.0 Å². The molecular formula is C14H23N3O2S2. The van der Waals surface area contributed by atoms with Crippen molar-refractivity contribution >= 4 is 21.4 Å². The molecule has 0 saturated carbocycles. The maximum absolute atomic E-state index is 12.5. The van der Waals surface area contributed by atoms with E-state index in [1.54, 1.807) is 6.07 Å². The number of piperidine rings is 3. The van der Waals surface area contributed by atoms with Crippen LogP contribution in [-0.4, -0.2) is 52.6 Å². The van der Waals surface area contributed by atoms with E-state index in [1.165, 1.54) is 11.3 Å². The SMILES string of the molecule is CNCCc1ccc(S(=O)(=O)NC2CN3CCC2CC3)s1. The fourth-order valence-electron chi connectivity index (χ4n) is 3.24. The zero-order valence-electron chi connectivity index (χ0n) is 12.3. The predicted octanol–water partition coefficient (Wildman–Crippen LogP) is 0.882. The van der Waals surface area contributed by atoms with Crippen LogP contribution in [-0.2, 0) is 16.4 Å². The zero-order valence-corrected chi connectivity index (χ0v) is 14.0. The fourth-order valence-corrected chi connectivity index (χ4v) is 5.91. The van der Waals surface area contributed by atoms with Gasteiger partial charge in [0.15, 0.2) is 0 Å². The van der Waals surface area contributed by atoms with Crippen molar-refractivity contribution in [2.75, 3.05) is 33.2 Å². The van der Waals surface area contributed by atoms with E-state index in [4.69, 9.17) is 0 Å². The Balaban J connectivity index is 1.67. The van der Waals surface area contributed by atoms with Gasteiger partial charge < -0.3 is 10.2 Å². The zero-order chi connectivity index (χ0) is 14.9. The van der Waals surface area contributed by atoms with Crippen LogP contribution in [0.2, 0.25) is 0 Å². The molecule has 4 rings (SSSR count). The number of likely N-dealkylation sites (N-methyl/N-ethyl adjacent to an activating group) is 1. The number of nitrogens with zero attached hydrogens (tertiary/aromatic N) is 1. The average Bonchev–Trinajstić information content (AvgIpc) is 2.96. The van der Waals surface area contributed by atoms with Gasteiger partial charge in [0.25, 0.3) is 0 Å². The maximum atomic E-state index is 12.5. The summed E-state index contributed by atoms with van der Waals surface area (Å²) in [5, 5.41) is 3.08. The first-order valence-corrected chi connectivity index (χ1v) is 9.86. The summed E-state index contributed by atoms with van der Waals surface area (Å²) in [7, 11) is -1.46. The Morgan fingerprint density at radius 3 is 2.71 bits per heavy atom. The molecule has 5 nitrogen and oxygen atoms in total. The molecule has 3 aliphatic rings. The molecule has 3 fully saturated rings. The summed E-state index contributed by atoms with van der Waals surface area (Å²) in [6.45, 7) is 3.97. The van der Waals surface area contributed by atoms with Gasteiger partial charge in [-0.2, -0.15) is 0 Å². The lowest BCUT2D eigenvalue weighted by molar-refractivity contribution is 0.0827. The van der Waals surface area contributed by atoms with Crippen LogP contribution >= 0.6 is 11.3 Å². The van der Waals surface area contributed by atoms with E-state index < -0.39 is 10.0 Å². The molecule has 0 aromatic carbocycles. The minimum absolute atomic E-state index is 0.0837. The normalized spacial score (nSPS) is 28.9. The molecule has 1 aromatic rings. The number of sulfonamides is 1. The second-order valence-corrected chi connectivity index (χ2v) is 9.05. The van der Waals surface area contributed by atoms with Crippen LogP contribution in [0.1, 0.15) is 17.7 Å². The van der Waals surface area contributed by atoms with Gasteiger partial charge >= 0.3 is 0 Å². The van der Waals surface area contributed by atoms with Crippen LogP contribution in [0.15, 0.2) is 16.3 Å². The number of rotatable bonds is 6. The monoisotopic (exact) mass is 329 g/mol. The molecule has 2 N–H and O–H groups in total. The molecule has 0 aliphatic carbocycles. The third-order valence-electron chi connectivity index (χ3n) is 4.49. The van der Waals surface area contributed by atoms with Gasteiger partial charge in [0, 0.05) is 17.5 Å². The number of hydrogen-bond acceptors (Lipinski definition) is 5. The van der Waals surface area contributed by atoms with Crippen LogP contribution in [0.25, 0.3) is 0 Å². The van der Waals surface area contributed by atoms with Crippen molar-refractivity contribution in [3.05, 3.63) is 17.0 Å². The number of nitrogens with one attached hydrogen (secondary N) is 2. The van der Waals surface area contributed by atoms with Gasteiger partial charge in [-0.1, -0.05) is 0 Å². The van der Waals surface area contributed by atoms with E-state index in [0.29, 0.717) is 10.1 Å². The summed E-state index contributed by atoms with van der Waals surface area (Å²) in [6.07, 6.45) is 3.10. The molecule has 21 heavy (non-hydrogen) atoms. The predicted molar refractivity (Wildman–Crippen MR) is 85.2 cm³/mol. The summed E-state index contributed by atoms with van der Waals surface area (Å²) < 4.78 is 28.4. The quantitative estimate of drug-likeness (QED) is 0.813. The molecule has 118 valence electrons. The van der Waals surface area contributed by atoms with Crippen LogP contribution in [0.4, 0.5) is 0 Å². The third kappa shape index (κ3) is 3.48. The minimum Gasteiger partial charge on any atom is -0.319 e. The number of fused-ring (bicyclic) bond motifs is 3. The Kier molecular flexibility index (Phi) is 4.66. The van der Waals surface area contributed by atoms with Gasteiger partial charge in [0.05, 0.1) is 0 Å². The van der Waals surface area contributed by atoms with Crippen LogP contribution in [0.5, 0.6) is 0 Å². The topological polar surface area (TPSA) is 61.4 Å². The molecule has 1 unspecified atom stereocenters. The lowest BCUT2D eigenvalue weighted by Crippen LogP contribution is -2.57. The highest BCUT2D eigenvalue weighted by atomic mass is 32.2. The summed E-state index contributed by atoms with van der Waals surface area (Å²) in [5.74, 6) is 0.508. The van der Waals surface area contributed by atoms with Gasteiger partial charge in [-0.05, 0) is 64.0 Å². The molecule has 1 atom stereocenters. The van der Waals surface area contributed by atoms with E-state index in [1.807, 2.05) is 13.1 Å². The summed E-state index contributed by atoms with van der Waals surface area (Å²) in [6, 6.07) is 3.74. The number of hydrogen-bond donors (Lipinski definition) is 2. The molecule has 1 aromatic heterocycles. The first-order valence-electron chi connectivity index (χ1n) is 7.56. The minimum atomic E-state index is -3.37. The Hall–Kier alpha value is -0.470. The molecule has 3 aliphatic heterocycles. The molecular weight excluding hydrogens is 306 g/mol. The third-order valence-corrected chi connectivity index (χ3v) is 7.61. The summed E-state index contributed by atoms with van der Waals surface area (Å²) in [5.41, 5.74) is 0. The summed E-state index contributed by atoms with van der Waals surface area (Å²) in [4.78, 5) is 3.47. The summed E-state index contributed by atoms with van der Waals surface area (Å²) >= 11 is 1.38. The number of thiophene rings is 1.